The number of halogens is 1. The maximum atomic E-state index is 11.9. The van der Waals surface area contributed by atoms with Crippen molar-refractivity contribution in [2.24, 2.45) is 0 Å². The van der Waals surface area contributed by atoms with Gasteiger partial charge >= 0.3 is 0 Å². The Morgan fingerprint density at radius 2 is 1.88 bits per heavy atom. The Balaban J connectivity index is 1.89. The number of pyridine rings is 1. The number of carbonyl (C=O) groups excluding carboxylic acids is 2. The van der Waals surface area contributed by atoms with E-state index in [0.29, 0.717) is 12.4 Å². The SMILES string of the molecule is O=C([O-])NCCNC(=O)c1ncc(OCc2ccccc2)cc1Cl. The van der Waals surface area contributed by atoms with Gasteiger partial charge in [-0.25, -0.2) is 4.98 Å². The van der Waals surface area contributed by atoms with Crippen LogP contribution in [-0.2, 0) is 6.61 Å². The van der Waals surface area contributed by atoms with Crippen LogP contribution in [0.2, 0.25) is 5.02 Å². The fourth-order valence-electron chi connectivity index (χ4n) is 1.83. The molecule has 0 aliphatic carbocycles. The number of benzene rings is 1. The van der Waals surface area contributed by atoms with Crippen molar-refractivity contribution in [3.8, 4) is 5.75 Å². The first kappa shape index (κ1) is 17.6. The molecule has 1 heterocycles. The average molecular weight is 349 g/mol. The maximum absolute atomic E-state index is 11.9. The Kier molecular flexibility index (Phi) is 6.39. The van der Waals surface area contributed by atoms with Gasteiger partial charge < -0.3 is 25.3 Å². The zero-order chi connectivity index (χ0) is 17.4. The topological polar surface area (TPSA) is 103 Å². The molecule has 0 unspecified atom stereocenters. The summed E-state index contributed by atoms with van der Waals surface area (Å²) >= 11 is 6.05. The molecule has 1 aromatic carbocycles. The van der Waals surface area contributed by atoms with Gasteiger partial charge in [-0.05, 0) is 5.56 Å². The van der Waals surface area contributed by atoms with Crippen LogP contribution in [0.1, 0.15) is 16.1 Å². The lowest BCUT2D eigenvalue weighted by Gasteiger charge is -2.10. The lowest BCUT2D eigenvalue weighted by Crippen LogP contribution is -2.41. The van der Waals surface area contributed by atoms with Crippen molar-refractivity contribution in [1.29, 1.82) is 0 Å². The van der Waals surface area contributed by atoms with Gasteiger partial charge in [0.05, 0.1) is 11.2 Å². The molecular weight excluding hydrogens is 334 g/mol. The molecule has 126 valence electrons. The number of ether oxygens (including phenoxy) is 1. The third kappa shape index (κ3) is 5.44. The summed E-state index contributed by atoms with van der Waals surface area (Å²) in [5, 5.41) is 14.8. The number of carboxylic acid groups (broad SMARTS) is 1. The number of hydrogen-bond acceptors (Lipinski definition) is 5. The predicted octanol–water partition coefficient (Wildman–Crippen LogP) is 0.977. The first-order chi connectivity index (χ1) is 11.6. The lowest BCUT2D eigenvalue weighted by molar-refractivity contribution is -0.250. The molecule has 0 aliphatic heterocycles. The number of nitrogens with one attached hydrogen (secondary N) is 2. The van der Waals surface area contributed by atoms with E-state index < -0.39 is 12.0 Å². The minimum absolute atomic E-state index is 0.0317. The monoisotopic (exact) mass is 348 g/mol. The van der Waals surface area contributed by atoms with Gasteiger partial charge in [0.1, 0.15) is 24.1 Å². The second kappa shape index (κ2) is 8.73. The Morgan fingerprint density at radius 1 is 1.17 bits per heavy atom. The molecule has 0 radical (unpaired) electrons. The molecule has 8 heteroatoms. The highest BCUT2D eigenvalue weighted by Crippen LogP contribution is 2.21. The van der Waals surface area contributed by atoms with E-state index in [1.165, 1.54) is 12.3 Å². The first-order valence-corrected chi connectivity index (χ1v) is 7.49. The molecule has 2 aromatic rings. The van der Waals surface area contributed by atoms with Crippen LogP contribution in [0.25, 0.3) is 0 Å². The molecule has 0 atom stereocenters. The highest BCUT2D eigenvalue weighted by atomic mass is 35.5. The summed E-state index contributed by atoms with van der Waals surface area (Å²) in [5.74, 6) is -0.0613. The molecule has 2 N–H and O–H groups in total. The maximum Gasteiger partial charge on any atom is 0.271 e. The quantitative estimate of drug-likeness (QED) is 0.726. The van der Waals surface area contributed by atoms with Crippen LogP contribution in [0, 0.1) is 0 Å². The van der Waals surface area contributed by atoms with E-state index in [1.807, 2.05) is 35.6 Å². The molecule has 7 nitrogen and oxygen atoms in total. The van der Waals surface area contributed by atoms with Gasteiger partial charge in [0.15, 0.2) is 0 Å². The number of aromatic nitrogens is 1. The van der Waals surface area contributed by atoms with Crippen LogP contribution < -0.4 is 20.5 Å². The smallest absolute Gasteiger partial charge is 0.271 e. The largest absolute Gasteiger partial charge is 0.530 e. The summed E-state index contributed by atoms with van der Waals surface area (Å²) < 4.78 is 5.57. The van der Waals surface area contributed by atoms with Crippen molar-refractivity contribution in [2.45, 2.75) is 6.61 Å². The number of nitrogens with zero attached hydrogens (tertiary/aromatic N) is 1. The summed E-state index contributed by atoms with van der Waals surface area (Å²) in [4.78, 5) is 26.1. The lowest BCUT2D eigenvalue weighted by atomic mass is 10.2. The van der Waals surface area contributed by atoms with E-state index in [1.54, 1.807) is 0 Å². The fourth-order valence-corrected chi connectivity index (χ4v) is 2.07. The summed E-state index contributed by atoms with van der Waals surface area (Å²) in [7, 11) is 0. The average Bonchev–Trinajstić information content (AvgIpc) is 2.57. The Morgan fingerprint density at radius 3 is 2.54 bits per heavy atom. The van der Waals surface area contributed by atoms with Crippen LogP contribution in [0.4, 0.5) is 4.79 Å². The van der Waals surface area contributed by atoms with Gasteiger partial charge in [-0.2, -0.15) is 0 Å². The third-order valence-electron chi connectivity index (χ3n) is 2.96. The van der Waals surface area contributed by atoms with Crippen molar-refractivity contribution < 1.29 is 19.4 Å². The normalized spacial score (nSPS) is 10.0. The second-order valence-corrected chi connectivity index (χ2v) is 5.15. The van der Waals surface area contributed by atoms with Crippen LogP contribution in [0.5, 0.6) is 5.75 Å². The Bertz CT molecular complexity index is 710. The van der Waals surface area contributed by atoms with Crippen molar-refractivity contribution in [2.75, 3.05) is 13.1 Å². The molecule has 1 aromatic heterocycles. The van der Waals surface area contributed by atoms with E-state index in [2.05, 4.69) is 10.3 Å². The fraction of sp³-hybridized carbons (Fsp3) is 0.188. The van der Waals surface area contributed by atoms with Gasteiger partial charge in [0.2, 0.25) is 0 Å². The molecule has 0 saturated heterocycles. The summed E-state index contributed by atoms with van der Waals surface area (Å²) in [5.41, 5.74) is 1.04. The van der Waals surface area contributed by atoms with Crippen molar-refractivity contribution >= 4 is 23.6 Å². The Hall–Kier alpha value is -2.80. The molecule has 0 bridgehead atoms. The highest BCUT2D eigenvalue weighted by molar-refractivity contribution is 6.33. The van der Waals surface area contributed by atoms with E-state index in [-0.39, 0.29) is 23.8 Å². The predicted molar refractivity (Wildman–Crippen MR) is 85.8 cm³/mol. The summed E-state index contributed by atoms with van der Waals surface area (Å²) in [6, 6.07) is 11.1. The summed E-state index contributed by atoms with van der Waals surface area (Å²) in [6.07, 6.45) is 0.00343. The molecule has 2 rings (SSSR count). The zero-order valence-corrected chi connectivity index (χ0v) is 13.4. The minimum Gasteiger partial charge on any atom is -0.530 e. The third-order valence-corrected chi connectivity index (χ3v) is 3.25. The molecule has 2 amide bonds. The minimum atomic E-state index is -1.40. The molecule has 0 saturated carbocycles. The van der Waals surface area contributed by atoms with E-state index >= 15 is 0 Å². The first-order valence-electron chi connectivity index (χ1n) is 7.11. The van der Waals surface area contributed by atoms with E-state index in [4.69, 9.17) is 16.3 Å². The van der Waals surface area contributed by atoms with E-state index in [0.717, 1.165) is 5.56 Å². The van der Waals surface area contributed by atoms with Gasteiger partial charge in [-0.1, -0.05) is 41.9 Å². The number of carbonyl (C=O) groups is 2. The van der Waals surface area contributed by atoms with Crippen LogP contribution >= 0.6 is 11.6 Å². The molecule has 0 fully saturated rings. The number of hydrogen-bond donors (Lipinski definition) is 2. The van der Waals surface area contributed by atoms with Crippen LogP contribution in [0.15, 0.2) is 42.6 Å². The Labute approximate surface area is 143 Å². The van der Waals surface area contributed by atoms with Gasteiger partial charge in [-0.15, -0.1) is 0 Å². The van der Waals surface area contributed by atoms with Gasteiger partial charge in [0, 0.05) is 19.2 Å². The van der Waals surface area contributed by atoms with Crippen molar-refractivity contribution in [3.63, 3.8) is 0 Å². The van der Waals surface area contributed by atoms with Gasteiger partial charge in [0.25, 0.3) is 5.91 Å². The van der Waals surface area contributed by atoms with Crippen LogP contribution in [-0.4, -0.2) is 30.1 Å². The molecule has 24 heavy (non-hydrogen) atoms. The van der Waals surface area contributed by atoms with Crippen LogP contribution in [0.3, 0.4) is 0 Å². The summed E-state index contributed by atoms with van der Waals surface area (Å²) in [6.45, 7) is 0.486. The second-order valence-electron chi connectivity index (χ2n) is 4.75. The molecule has 0 aliphatic rings. The molecular formula is C16H15ClN3O4-. The highest BCUT2D eigenvalue weighted by Gasteiger charge is 2.12. The molecule has 0 spiro atoms. The van der Waals surface area contributed by atoms with Gasteiger partial charge in [-0.3, -0.25) is 4.79 Å². The standard InChI is InChI=1S/C16H16ClN3O4/c17-13-8-12(24-10-11-4-2-1-3-5-11)9-20-14(13)15(21)18-6-7-19-16(22)23/h1-5,8-9,19H,6-7,10H2,(H,18,21)(H,22,23)/p-1. The van der Waals surface area contributed by atoms with Crippen molar-refractivity contribution in [1.82, 2.24) is 15.6 Å². The van der Waals surface area contributed by atoms with E-state index in [9.17, 15) is 14.7 Å². The number of amides is 2. The zero-order valence-electron chi connectivity index (χ0n) is 12.6. The van der Waals surface area contributed by atoms with Crippen molar-refractivity contribution in [3.05, 3.63) is 58.9 Å². The number of rotatable bonds is 7.